The van der Waals surface area contributed by atoms with E-state index in [1.54, 1.807) is 24.3 Å². The SMILES string of the molecule is CCC(C)(C)NC(=O)C(c1ccccc1C)N(C(=O)Cn1nnc2ccccc21)c1ccccc1C(C)=O. The Labute approximate surface area is 222 Å². The zero-order valence-corrected chi connectivity index (χ0v) is 22.4. The minimum Gasteiger partial charge on any atom is -0.349 e. The third kappa shape index (κ3) is 5.49. The van der Waals surface area contributed by atoms with Gasteiger partial charge >= 0.3 is 0 Å². The molecule has 1 N–H and O–H groups in total. The molecule has 2 amide bonds. The first kappa shape index (κ1) is 26.7. The van der Waals surface area contributed by atoms with Crippen LogP contribution in [0.4, 0.5) is 5.69 Å². The standard InChI is InChI=1S/C30H33N5O3/c1-6-30(4,5)31-29(38)28(22-14-8-7-13-20(22)2)35(25-17-11-9-15-23(25)21(3)36)27(37)19-34-26-18-12-10-16-24(26)32-33-34/h7-18,28H,6,19H2,1-5H3,(H,31,38). The van der Waals surface area contributed by atoms with Crippen molar-refractivity contribution in [1.29, 1.82) is 0 Å². The molecule has 0 spiro atoms. The summed E-state index contributed by atoms with van der Waals surface area (Å²) in [5.74, 6) is -0.934. The summed E-state index contributed by atoms with van der Waals surface area (Å²) in [5.41, 5.74) is 3.10. The van der Waals surface area contributed by atoms with Crippen molar-refractivity contribution in [3.63, 3.8) is 0 Å². The van der Waals surface area contributed by atoms with Gasteiger partial charge in [0.15, 0.2) is 5.78 Å². The summed E-state index contributed by atoms with van der Waals surface area (Å²) in [6, 6.07) is 20.7. The minimum absolute atomic E-state index is 0.167. The van der Waals surface area contributed by atoms with Gasteiger partial charge in [-0.1, -0.05) is 60.7 Å². The molecule has 1 atom stereocenters. The lowest BCUT2D eigenvalue weighted by molar-refractivity contribution is -0.128. The fourth-order valence-electron chi connectivity index (χ4n) is 4.42. The number of hydrogen-bond acceptors (Lipinski definition) is 5. The van der Waals surface area contributed by atoms with Crippen molar-refractivity contribution >= 4 is 34.3 Å². The fourth-order valence-corrected chi connectivity index (χ4v) is 4.42. The predicted molar refractivity (Wildman–Crippen MR) is 148 cm³/mol. The maximum Gasteiger partial charge on any atom is 0.249 e. The summed E-state index contributed by atoms with van der Waals surface area (Å²) in [7, 11) is 0. The molecule has 8 nitrogen and oxygen atoms in total. The number of amides is 2. The number of Topliss-reactive ketones (excluding diaryl/α,β-unsaturated/α-hetero) is 1. The number of ketones is 1. The molecule has 4 aromatic rings. The molecule has 38 heavy (non-hydrogen) atoms. The maximum atomic E-state index is 14.2. The van der Waals surface area contributed by atoms with Gasteiger partial charge in [-0.15, -0.1) is 5.10 Å². The van der Waals surface area contributed by atoms with E-state index in [4.69, 9.17) is 0 Å². The second-order valence-corrected chi connectivity index (χ2v) is 10.1. The van der Waals surface area contributed by atoms with Crippen LogP contribution in [0.2, 0.25) is 0 Å². The summed E-state index contributed by atoms with van der Waals surface area (Å²) in [5, 5.41) is 11.5. The van der Waals surface area contributed by atoms with Crippen molar-refractivity contribution in [2.45, 2.75) is 59.2 Å². The summed E-state index contributed by atoms with van der Waals surface area (Å²) < 4.78 is 1.52. The average molecular weight is 512 g/mol. The molecular formula is C30H33N5O3. The van der Waals surface area contributed by atoms with Crippen LogP contribution in [-0.4, -0.2) is 38.1 Å². The van der Waals surface area contributed by atoms with E-state index in [0.29, 0.717) is 34.3 Å². The number of carbonyl (C=O) groups is 3. The van der Waals surface area contributed by atoms with Gasteiger partial charge in [-0.25, -0.2) is 4.68 Å². The molecule has 0 aliphatic carbocycles. The second kappa shape index (κ2) is 11.0. The van der Waals surface area contributed by atoms with Crippen LogP contribution in [0.5, 0.6) is 0 Å². The molecule has 4 rings (SSSR count). The van der Waals surface area contributed by atoms with Crippen LogP contribution in [0.1, 0.15) is 61.6 Å². The van der Waals surface area contributed by atoms with Crippen LogP contribution in [0, 0.1) is 6.92 Å². The van der Waals surface area contributed by atoms with Gasteiger partial charge in [0.1, 0.15) is 18.1 Å². The Kier molecular flexibility index (Phi) is 7.71. The van der Waals surface area contributed by atoms with Crippen molar-refractivity contribution in [2.24, 2.45) is 0 Å². The molecule has 0 aliphatic rings. The Morgan fingerprint density at radius 3 is 2.34 bits per heavy atom. The monoisotopic (exact) mass is 511 g/mol. The Morgan fingerprint density at radius 1 is 0.974 bits per heavy atom. The number of benzene rings is 3. The number of aryl methyl sites for hydroxylation is 1. The maximum absolute atomic E-state index is 14.2. The van der Waals surface area contributed by atoms with Gasteiger partial charge in [-0.05, 0) is 69.5 Å². The Balaban J connectivity index is 1.91. The van der Waals surface area contributed by atoms with E-state index in [0.717, 1.165) is 5.56 Å². The zero-order valence-electron chi connectivity index (χ0n) is 22.4. The second-order valence-electron chi connectivity index (χ2n) is 10.1. The number of carbonyl (C=O) groups excluding carboxylic acids is 3. The molecule has 1 unspecified atom stereocenters. The highest BCUT2D eigenvalue weighted by Crippen LogP contribution is 2.33. The van der Waals surface area contributed by atoms with Gasteiger partial charge in [-0.3, -0.25) is 19.3 Å². The molecule has 1 aromatic heterocycles. The molecular weight excluding hydrogens is 478 g/mol. The number of aromatic nitrogens is 3. The molecule has 196 valence electrons. The van der Waals surface area contributed by atoms with Crippen LogP contribution in [0.15, 0.2) is 72.8 Å². The van der Waals surface area contributed by atoms with Gasteiger partial charge in [0.2, 0.25) is 11.8 Å². The average Bonchev–Trinajstić information content (AvgIpc) is 3.30. The highest BCUT2D eigenvalue weighted by atomic mass is 16.2. The third-order valence-corrected chi connectivity index (χ3v) is 6.85. The summed E-state index contributed by atoms with van der Waals surface area (Å²) in [4.78, 5) is 42.4. The van der Waals surface area contributed by atoms with E-state index >= 15 is 0 Å². The van der Waals surface area contributed by atoms with Crippen LogP contribution in [0.25, 0.3) is 11.0 Å². The predicted octanol–water partition coefficient (Wildman–Crippen LogP) is 5.02. The van der Waals surface area contributed by atoms with Gasteiger partial charge in [0.05, 0.1) is 11.2 Å². The van der Waals surface area contributed by atoms with E-state index in [2.05, 4.69) is 15.6 Å². The molecule has 0 radical (unpaired) electrons. The quantitative estimate of drug-likeness (QED) is 0.318. The number of hydrogen-bond donors (Lipinski definition) is 1. The van der Waals surface area contributed by atoms with Crippen LogP contribution in [0.3, 0.4) is 0 Å². The topological polar surface area (TPSA) is 97.2 Å². The number of para-hydroxylation sites is 2. The van der Waals surface area contributed by atoms with E-state index in [-0.39, 0.29) is 18.2 Å². The van der Waals surface area contributed by atoms with Crippen molar-refractivity contribution in [1.82, 2.24) is 20.3 Å². The highest BCUT2D eigenvalue weighted by Gasteiger charge is 2.37. The largest absolute Gasteiger partial charge is 0.349 e. The first-order valence-electron chi connectivity index (χ1n) is 12.7. The minimum atomic E-state index is -1.02. The summed E-state index contributed by atoms with van der Waals surface area (Å²) in [6.07, 6.45) is 0.697. The molecule has 1 heterocycles. The summed E-state index contributed by atoms with van der Waals surface area (Å²) >= 11 is 0. The third-order valence-electron chi connectivity index (χ3n) is 6.85. The number of fused-ring (bicyclic) bond motifs is 1. The van der Waals surface area contributed by atoms with Crippen LogP contribution < -0.4 is 10.2 Å². The van der Waals surface area contributed by atoms with Crippen molar-refractivity contribution in [3.05, 3.63) is 89.5 Å². The number of nitrogens with one attached hydrogen (secondary N) is 1. The normalized spacial score (nSPS) is 12.2. The van der Waals surface area contributed by atoms with Gasteiger partial charge in [0.25, 0.3) is 0 Å². The zero-order chi connectivity index (χ0) is 27.4. The smallest absolute Gasteiger partial charge is 0.249 e. The van der Waals surface area contributed by atoms with Crippen LogP contribution in [-0.2, 0) is 16.1 Å². The molecule has 3 aromatic carbocycles. The molecule has 0 fully saturated rings. The molecule has 0 saturated carbocycles. The van der Waals surface area contributed by atoms with Crippen molar-refractivity contribution in [2.75, 3.05) is 4.90 Å². The molecule has 8 heteroatoms. The molecule has 0 saturated heterocycles. The number of nitrogens with zero attached hydrogens (tertiary/aromatic N) is 4. The van der Waals surface area contributed by atoms with Gasteiger partial charge in [0, 0.05) is 11.1 Å². The van der Waals surface area contributed by atoms with Gasteiger partial charge in [-0.2, -0.15) is 0 Å². The lowest BCUT2D eigenvalue weighted by Gasteiger charge is -2.36. The Bertz CT molecular complexity index is 1490. The first-order chi connectivity index (χ1) is 18.1. The van der Waals surface area contributed by atoms with Crippen LogP contribution >= 0.6 is 0 Å². The highest BCUT2D eigenvalue weighted by molar-refractivity contribution is 6.08. The van der Waals surface area contributed by atoms with Crippen molar-refractivity contribution in [3.8, 4) is 0 Å². The molecule has 0 bridgehead atoms. The Hall–Kier alpha value is -4.33. The van der Waals surface area contributed by atoms with E-state index in [1.165, 1.54) is 16.5 Å². The van der Waals surface area contributed by atoms with E-state index in [9.17, 15) is 14.4 Å². The van der Waals surface area contributed by atoms with E-state index in [1.807, 2.05) is 76.2 Å². The molecule has 0 aliphatic heterocycles. The number of anilines is 1. The van der Waals surface area contributed by atoms with Gasteiger partial charge < -0.3 is 5.32 Å². The lowest BCUT2D eigenvalue weighted by atomic mass is 9.95. The Morgan fingerprint density at radius 2 is 1.63 bits per heavy atom. The van der Waals surface area contributed by atoms with Crippen molar-refractivity contribution < 1.29 is 14.4 Å². The fraction of sp³-hybridized carbons (Fsp3) is 0.300. The van der Waals surface area contributed by atoms with E-state index < -0.39 is 17.5 Å². The first-order valence-corrected chi connectivity index (χ1v) is 12.7. The lowest BCUT2D eigenvalue weighted by Crippen LogP contribution is -2.51. The summed E-state index contributed by atoms with van der Waals surface area (Å²) in [6.45, 7) is 9.07. The number of rotatable bonds is 9.